The number of alkyl halides is 3. The number of pyridine rings is 1. The van der Waals surface area contributed by atoms with Crippen molar-refractivity contribution in [2.24, 2.45) is 7.05 Å². The largest absolute Gasteiger partial charge is 0.534 e. The second kappa shape index (κ2) is 8.20. The lowest BCUT2D eigenvalue weighted by molar-refractivity contribution is -0.0500. The van der Waals surface area contributed by atoms with E-state index < -0.39 is 21.4 Å². The van der Waals surface area contributed by atoms with Crippen LogP contribution < -0.4 is 14.3 Å². The molecule has 172 valence electrons. The number of rotatable bonds is 6. The molecule has 14 heteroatoms. The lowest BCUT2D eigenvalue weighted by Gasteiger charge is -2.10. The van der Waals surface area contributed by atoms with Crippen LogP contribution in [-0.2, 0) is 23.8 Å². The van der Waals surface area contributed by atoms with Gasteiger partial charge in [0.2, 0.25) is 5.43 Å². The van der Waals surface area contributed by atoms with Crippen LogP contribution in [0, 0.1) is 0 Å². The van der Waals surface area contributed by atoms with Gasteiger partial charge < -0.3 is 8.92 Å². The Morgan fingerprint density at radius 2 is 1.91 bits per heavy atom. The highest BCUT2D eigenvalue weighted by Gasteiger charge is 2.48. The van der Waals surface area contributed by atoms with Crippen molar-refractivity contribution in [3.05, 3.63) is 65.0 Å². The van der Waals surface area contributed by atoms with E-state index in [0.717, 1.165) is 12.3 Å². The van der Waals surface area contributed by atoms with Gasteiger partial charge in [0, 0.05) is 30.4 Å². The summed E-state index contributed by atoms with van der Waals surface area (Å²) in [5, 5.41) is 10.9. The maximum atomic E-state index is 12.7. The van der Waals surface area contributed by atoms with Crippen molar-refractivity contribution in [2.75, 3.05) is 0 Å². The number of ether oxygens (including phenoxy) is 1. The van der Waals surface area contributed by atoms with Gasteiger partial charge in [-0.1, -0.05) is 0 Å². The number of benzene rings is 1. The third kappa shape index (κ3) is 4.64. The monoisotopic (exact) mass is 481 g/mol. The molecular weight excluding hydrogens is 467 g/mol. The number of aromatic nitrogens is 5. The molecule has 3 aromatic heterocycles. The average Bonchev–Trinajstić information content (AvgIpc) is 3.17. The third-order valence-electron chi connectivity index (χ3n) is 4.42. The van der Waals surface area contributed by atoms with E-state index >= 15 is 0 Å². The Balaban J connectivity index is 1.56. The van der Waals surface area contributed by atoms with Crippen LogP contribution in [0.2, 0.25) is 0 Å². The Morgan fingerprint density at radius 1 is 1.15 bits per heavy atom. The highest BCUT2D eigenvalue weighted by molar-refractivity contribution is 7.88. The van der Waals surface area contributed by atoms with Crippen LogP contribution in [0.4, 0.5) is 13.2 Å². The van der Waals surface area contributed by atoms with E-state index in [-0.39, 0.29) is 28.9 Å². The zero-order valence-electron chi connectivity index (χ0n) is 16.7. The molecule has 3 heterocycles. The summed E-state index contributed by atoms with van der Waals surface area (Å²) >= 11 is 0. The molecule has 4 aromatic rings. The summed E-state index contributed by atoms with van der Waals surface area (Å²) in [5.41, 5.74) is -4.54. The number of halogens is 3. The molecule has 33 heavy (non-hydrogen) atoms. The van der Waals surface area contributed by atoms with Crippen LogP contribution in [0.15, 0.2) is 53.8 Å². The number of aryl methyl sites for hydroxylation is 1. The zero-order chi connectivity index (χ0) is 23.8. The van der Waals surface area contributed by atoms with Gasteiger partial charge in [-0.05, 0) is 24.3 Å². The molecule has 0 saturated carbocycles. The van der Waals surface area contributed by atoms with E-state index in [4.69, 9.17) is 4.74 Å². The van der Waals surface area contributed by atoms with E-state index in [1.807, 2.05) is 0 Å². The molecule has 0 aliphatic rings. The molecule has 0 radical (unpaired) electrons. The fourth-order valence-corrected chi connectivity index (χ4v) is 3.31. The minimum absolute atomic E-state index is 0.0860. The SMILES string of the molecule is Cn1cc(-c2c[nH]nc(COc3ccc4ncc(OS(=O)(=O)C(F)(F)F)cc4c3)c2=O)cn1. The number of fused-ring (bicyclic) bond motifs is 1. The summed E-state index contributed by atoms with van der Waals surface area (Å²) in [6.07, 6.45) is 5.51. The van der Waals surface area contributed by atoms with Crippen LogP contribution in [0.3, 0.4) is 0 Å². The molecule has 10 nitrogen and oxygen atoms in total. The van der Waals surface area contributed by atoms with Gasteiger partial charge in [0.05, 0.1) is 23.5 Å². The first kappa shape index (κ1) is 22.3. The van der Waals surface area contributed by atoms with Crippen molar-refractivity contribution in [1.29, 1.82) is 0 Å². The van der Waals surface area contributed by atoms with Gasteiger partial charge in [-0.25, -0.2) is 0 Å². The molecule has 1 N–H and O–H groups in total. The van der Waals surface area contributed by atoms with Crippen LogP contribution in [0.25, 0.3) is 22.0 Å². The quantitative estimate of drug-likeness (QED) is 0.329. The van der Waals surface area contributed by atoms with Crippen molar-refractivity contribution in [3.63, 3.8) is 0 Å². The predicted molar refractivity (Wildman–Crippen MR) is 109 cm³/mol. The lowest BCUT2D eigenvalue weighted by atomic mass is 10.1. The van der Waals surface area contributed by atoms with E-state index in [1.54, 1.807) is 17.9 Å². The van der Waals surface area contributed by atoms with Gasteiger partial charge in [0.15, 0.2) is 5.75 Å². The first-order valence-electron chi connectivity index (χ1n) is 9.13. The van der Waals surface area contributed by atoms with Crippen molar-refractivity contribution in [3.8, 4) is 22.6 Å². The van der Waals surface area contributed by atoms with Gasteiger partial charge in [-0.3, -0.25) is 19.6 Å². The standard InChI is InChI=1S/C19H14F3N5O5S/c1-27-9-12(6-25-27)15-8-24-26-17(18(15)28)10-31-13-2-3-16-11(4-13)5-14(7-23-16)32-33(29,30)19(20,21)22/h2-9H,10H2,1H3,(H,24,28). The molecule has 0 bridgehead atoms. The van der Waals surface area contributed by atoms with E-state index in [9.17, 15) is 26.4 Å². The van der Waals surface area contributed by atoms with E-state index in [2.05, 4.69) is 24.5 Å². The highest BCUT2D eigenvalue weighted by atomic mass is 32.2. The van der Waals surface area contributed by atoms with Gasteiger partial charge in [-0.2, -0.15) is 31.8 Å². The number of aromatic amines is 1. The summed E-state index contributed by atoms with van der Waals surface area (Å²) < 4.78 is 71.3. The smallest absolute Gasteiger partial charge is 0.487 e. The van der Waals surface area contributed by atoms with Gasteiger partial charge in [0.1, 0.15) is 18.1 Å². The number of hydrogen-bond donors (Lipinski definition) is 1. The minimum Gasteiger partial charge on any atom is -0.487 e. The van der Waals surface area contributed by atoms with Gasteiger partial charge in [-0.15, -0.1) is 0 Å². The molecule has 0 aliphatic heterocycles. The average molecular weight is 481 g/mol. The molecule has 0 atom stereocenters. The number of H-pyrrole nitrogens is 1. The first-order chi connectivity index (χ1) is 15.5. The molecule has 0 amide bonds. The second-order valence-electron chi connectivity index (χ2n) is 6.77. The molecule has 4 rings (SSSR count). The molecular formula is C19H14F3N5O5S. The topological polar surface area (TPSA) is 129 Å². The first-order valence-corrected chi connectivity index (χ1v) is 10.5. The van der Waals surface area contributed by atoms with Crippen molar-refractivity contribution < 1.29 is 30.5 Å². The fraction of sp³-hybridized carbons (Fsp3) is 0.158. The maximum absolute atomic E-state index is 12.7. The number of hydrogen-bond acceptors (Lipinski definition) is 8. The number of nitrogens with one attached hydrogen (secondary N) is 1. The lowest BCUT2D eigenvalue weighted by Crippen LogP contribution is -2.28. The Labute approximate surface area is 183 Å². The summed E-state index contributed by atoms with van der Waals surface area (Å²) in [4.78, 5) is 16.6. The molecule has 1 aromatic carbocycles. The fourth-order valence-electron chi connectivity index (χ4n) is 2.87. The Bertz CT molecular complexity index is 1500. The van der Waals surface area contributed by atoms with Crippen LogP contribution in [0.1, 0.15) is 5.69 Å². The van der Waals surface area contributed by atoms with Gasteiger partial charge in [0.25, 0.3) is 0 Å². The summed E-state index contributed by atoms with van der Waals surface area (Å²) in [5.74, 6) is -0.368. The molecule has 0 spiro atoms. The third-order valence-corrected chi connectivity index (χ3v) is 5.40. The van der Waals surface area contributed by atoms with Gasteiger partial charge >= 0.3 is 15.6 Å². The number of nitrogens with zero attached hydrogens (tertiary/aromatic N) is 4. The summed E-state index contributed by atoms with van der Waals surface area (Å²) in [6, 6.07) is 5.53. The predicted octanol–water partition coefficient (Wildman–Crippen LogP) is 2.53. The normalized spacial score (nSPS) is 12.1. The van der Waals surface area contributed by atoms with Crippen LogP contribution in [-0.4, -0.2) is 38.9 Å². The van der Waals surface area contributed by atoms with Crippen LogP contribution in [0.5, 0.6) is 11.5 Å². The van der Waals surface area contributed by atoms with E-state index in [1.165, 1.54) is 30.6 Å². The van der Waals surface area contributed by atoms with Crippen LogP contribution >= 0.6 is 0 Å². The second-order valence-corrected chi connectivity index (χ2v) is 8.31. The maximum Gasteiger partial charge on any atom is 0.534 e. The summed E-state index contributed by atoms with van der Waals surface area (Å²) in [7, 11) is -4.12. The Morgan fingerprint density at radius 3 is 2.61 bits per heavy atom. The van der Waals surface area contributed by atoms with Crippen molar-refractivity contribution in [2.45, 2.75) is 12.1 Å². The van der Waals surface area contributed by atoms with E-state index in [0.29, 0.717) is 16.6 Å². The molecule has 0 saturated heterocycles. The Kier molecular flexibility index (Phi) is 5.53. The molecule has 0 unspecified atom stereocenters. The van der Waals surface area contributed by atoms with Crippen molar-refractivity contribution >= 4 is 21.0 Å². The molecule has 0 fully saturated rings. The minimum atomic E-state index is -5.83. The Hall–Kier alpha value is -3.94. The zero-order valence-corrected chi connectivity index (χ0v) is 17.5. The summed E-state index contributed by atoms with van der Waals surface area (Å²) in [6.45, 7) is -0.207. The van der Waals surface area contributed by atoms with Crippen molar-refractivity contribution in [1.82, 2.24) is 25.0 Å². The molecule has 0 aliphatic carbocycles. The highest BCUT2D eigenvalue weighted by Crippen LogP contribution is 2.29.